The number of nitrogens with zero attached hydrogens (tertiary/aromatic N) is 2. The standard InChI is InChI=1S/C17H15N3OS3/c1-2-22-17-20-19-16(24-17)18-15(21)11-9-13-8-10-14(23-13)12-6-4-3-5-7-12/h3-11H,2H2,1H3,(H,18,19,21)/b11-9+. The summed E-state index contributed by atoms with van der Waals surface area (Å²) in [5.41, 5.74) is 1.18. The van der Waals surface area contributed by atoms with Gasteiger partial charge in [-0.3, -0.25) is 10.1 Å². The molecule has 0 radical (unpaired) electrons. The highest BCUT2D eigenvalue weighted by atomic mass is 32.2. The Morgan fingerprint density at radius 2 is 2.00 bits per heavy atom. The van der Waals surface area contributed by atoms with E-state index in [1.807, 2.05) is 30.3 Å². The predicted molar refractivity (Wildman–Crippen MR) is 104 cm³/mol. The molecule has 0 atom stereocenters. The van der Waals surface area contributed by atoms with Crippen molar-refractivity contribution in [2.45, 2.75) is 11.3 Å². The number of rotatable bonds is 6. The van der Waals surface area contributed by atoms with Gasteiger partial charge in [0.15, 0.2) is 4.34 Å². The molecule has 7 heteroatoms. The van der Waals surface area contributed by atoms with Crippen molar-refractivity contribution in [2.75, 3.05) is 11.1 Å². The van der Waals surface area contributed by atoms with E-state index >= 15 is 0 Å². The average molecular weight is 374 g/mol. The maximum absolute atomic E-state index is 12.0. The van der Waals surface area contributed by atoms with Crippen molar-refractivity contribution >= 4 is 51.6 Å². The number of thiophene rings is 1. The molecule has 0 spiro atoms. The van der Waals surface area contributed by atoms with Crippen molar-refractivity contribution < 1.29 is 4.79 Å². The SMILES string of the molecule is CCSc1nnc(NC(=O)/C=C/c2ccc(-c3ccccc3)s2)s1. The van der Waals surface area contributed by atoms with Crippen LogP contribution in [0, 0.1) is 0 Å². The van der Waals surface area contributed by atoms with Gasteiger partial charge in [0, 0.05) is 15.8 Å². The maximum Gasteiger partial charge on any atom is 0.250 e. The van der Waals surface area contributed by atoms with Gasteiger partial charge in [-0.1, -0.05) is 60.4 Å². The van der Waals surface area contributed by atoms with Crippen LogP contribution in [0.25, 0.3) is 16.5 Å². The molecule has 0 aliphatic rings. The summed E-state index contributed by atoms with van der Waals surface area (Å²) < 4.78 is 0.863. The molecule has 0 saturated carbocycles. The zero-order valence-electron chi connectivity index (χ0n) is 12.9. The van der Waals surface area contributed by atoms with Crippen molar-refractivity contribution in [3.8, 4) is 10.4 Å². The van der Waals surface area contributed by atoms with Gasteiger partial charge < -0.3 is 0 Å². The molecule has 2 aromatic heterocycles. The van der Waals surface area contributed by atoms with Crippen LogP contribution >= 0.6 is 34.4 Å². The monoisotopic (exact) mass is 373 g/mol. The van der Waals surface area contributed by atoms with E-state index in [2.05, 4.69) is 40.6 Å². The Kier molecular flexibility index (Phi) is 5.79. The van der Waals surface area contributed by atoms with Gasteiger partial charge >= 0.3 is 0 Å². The Hall–Kier alpha value is -1.96. The highest BCUT2D eigenvalue weighted by molar-refractivity contribution is 8.01. The van der Waals surface area contributed by atoms with Crippen molar-refractivity contribution in [2.24, 2.45) is 0 Å². The first-order valence-corrected chi connectivity index (χ1v) is 9.97. The van der Waals surface area contributed by atoms with Crippen LogP contribution < -0.4 is 5.32 Å². The third-order valence-corrected chi connectivity index (χ3v) is 5.94. The van der Waals surface area contributed by atoms with Crippen LogP contribution in [0.3, 0.4) is 0 Å². The quantitative estimate of drug-likeness (QED) is 0.374. The first-order valence-electron chi connectivity index (χ1n) is 7.35. The summed E-state index contributed by atoms with van der Waals surface area (Å²) >= 11 is 4.65. The molecule has 1 aromatic carbocycles. The molecule has 0 fully saturated rings. The van der Waals surface area contributed by atoms with E-state index in [0.29, 0.717) is 5.13 Å². The normalized spacial score (nSPS) is 11.0. The van der Waals surface area contributed by atoms with Gasteiger partial charge in [-0.05, 0) is 29.5 Å². The van der Waals surface area contributed by atoms with Gasteiger partial charge in [-0.25, -0.2) is 0 Å². The van der Waals surface area contributed by atoms with E-state index in [1.165, 1.54) is 27.9 Å². The second-order valence-electron chi connectivity index (χ2n) is 4.70. The summed E-state index contributed by atoms with van der Waals surface area (Å²) in [5, 5.41) is 11.2. The van der Waals surface area contributed by atoms with Crippen molar-refractivity contribution in [1.82, 2.24) is 10.2 Å². The van der Waals surface area contributed by atoms with Crippen LogP contribution in [0.15, 0.2) is 52.9 Å². The van der Waals surface area contributed by atoms with E-state index in [-0.39, 0.29) is 5.91 Å². The fraction of sp³-hybridized carbons (Fsp3) is 0.118. The van der Waals surface area contributed by atoms with Gasteiger partial charge in [0.2, 0.25) is 11.0 Å². The molecule has 1 N–H and O–H groups in total. The first-order chi connectivity index (χ1) is 11.7. The number of nitrogens with one attached hydrogen (secondary N) is 1. The lowest BCUT2D eigenvalue weighted by Crippen LogP contribution is -2.07. The number of hydrogen-bond donors (Lipinski definition) is 1. The second-order valence-corrected chi connectivity index (χ2v) is 8.30. The predicted octanol–water partition coefficient (Wildman–Crippen LogP) is 5.03. The van der Waals surface area contributed by atoms with Crippen LogP contribution in [0.1, 0.15) is 11.8 Å². The molecule has 3 aromatic rings. The lowest BCUT2D eigenvalue weighted by Gasteiger charge is -1.95. The molecule has 3 rings (SSSR count). The Bertz CT molecular complexity index is 840. The van der Waals surface area contributed by atoms with Crippen LogP contribution in [-0.2, 0) is 4.79 Å². The number of benzene rings is 1. The second kappa shape index (κ2) is 8.23. The zero-order valence-corrected chi connectivity index (χ0v) is 15.4. The van der Waals surface area contributed by atoms with Crippen LogP contribution in [0.2, 0.25) is 0 Å². The number of amides is 1. The number of aromatic nitrogens is 2. The molecule has 1 amide bonds. The molecule has 0 bridgehead atoms. The molecule has 24 heavy (non-hydrogen) atoms. The number of anilines is 1. The van der Waals surface area contributed by atoms with Crippen molar-refractivity contribution in [3.05, 3.63) is 53.4 Å². The molecule has 2 heterocycles. The Morgan fingerprint density at radius 1 is 1.17 bits per heavy atom. The van der Waals surface area contributed by atoms with E-state index < -0.39 is 0 Å². The van der Waals surface area contributed by atoms with Gasteiger partial charge in [0.25, 0.3) is 0 Å². The van der Waals surface area contributed by atoms with Gasteiger partial charge in [-0.15, -0.1) is 21.5 Å². The van der Waals surface area contributed by atoms with E-state index in [4.69, 9.17) is 0 Å². The Labute approximate surface area is 152 Å². The highest BCUT2D eigenvalue weighted by Gasteiger charge is 2.06. The fourth-order valence-electron chi connectivity index (χ4n) is 1.95. The third-order valence-electron chi connectivity index (χ3n) is 2.99. The fourth-order valence-corrected chi connectivity index (χ4v) is 4.51. The minimum atomic E-state index is -0.200. The highest BCUT2D eigenvalue weighted by Crippen LogP contribution is 2.28. The molecule has 4 nitrogen and oxygen atoms in total. The van der Waals surface area contributed by atoms with E-state index in [1.54, 1.807) is 23.1 Å². The third kappa shape index (κ3) is 4.53. The number of hydrogen-bond acceptors (Lipinski definition) is 6. The molecule has 0 aliphatic carbocycles. The molecule has 0 unspecified atom stereocenters. The van der Waals surface area contributed by atoms with Crippen molar-refractivity contribution in [3.63, 3.8) is 0 Å². The first kappa shape index (κ1) is 16.9. The minimum absolute atomic E-state index is 0.200. The number of carbonyl (C=O) groups is 1. The van der Waals surface area contributed by atoms with Crippen LogP contribution in [0.5, 0.6) is 0 Å². The molecule has 0 saturated heterocycles. The minimum Gasteiger partial charge on any atom is -0.297 e. The summed E-state index contributed by atoms with van der Waals surface area (Å²) in [7, 11) is 0. The van der Waals surface area contributed by atoms with Gasteiger partial charge in [0.05, 0.1) is 0 Å². The topological polar surface area (TPSA) is 54.9 Å². The molecular weight excluding hydrogens is 358 g/mol. The summed E-state index contributed by atoms with van der Waals surface area (Å²) in [6.45, 7) is 2.05. The maximum atomic E-state index is 12.0. The lowest BCUT2D eigenvalue weighted by atomic mass is 10.2. The van der Waals surface area contributed by atoms with E-state index in [0.717, 1.165) is 15.0 Å². The number of thioether (sulfide) groups is 1. The summed E-state index contributed by atoms with van der Waals surface area (Å²) in [5.74, 6) is 0.735. The number of carbonyl (C=O) groups excluding carboxylic acids is 1. The average Bonchev–Trinajstić information content (AvgIpc) is 3.24. The van der Waals surface area contributed by atoms with Crippen LogP contribution in [-0.4, -0.2) is 21.9 Å². The summed E-state index contributed by atoms with van der Waals surface area (Å²) in [6, 6.07) is 14.3. The molecular formula is C17H15N3OS3. The Balaban J connectivity index is 1.61. The summed E-state index contributed by atoms with van der Waals surface area (Å²) in [6.07, 6.45) is 3.34. The Morgan fingerprint density at radius 3 is 2.79 bits per heavy atom. The zero-order chi connectivity index (χ0) is 16.8. The molecule has 0 aliphatic heterocycles. The smallest absolute Gasteiger partial charge is 0.250 e. The van der Waals surface area contributed by atoms with Gasteiger partial charge in [-0.2, -0.15) is 0 Å². The molecule has 122 valence electrons. The largest absolute Gasteiger partial charge is 0.297 e. The van der Waals surface area contributed by atoms with E-state index in [9.17, 15) is 4.79 Å². The van der Waals surface area contributed by atoms with Gasteiger partial charge in [0.1, 0.15) is 0 Å². The van der Waals surface area contributed by atoms with Crippen molar-refractivity contribution in [1.29, 1.82) is 0 Å². The summed E-state index contributed by atoms with van der Waals surface area (Å²) in [4.78, 5) is 14.2. The van der Waals surface area contributed by atoms with Crippen LogP contribution in [0.4, 0.5) is 5.13 Å². The lowest BCUT2D eigenvalue weighted by molar-refractivity contribution is -0.111.